The molecule has 0 spiro atoms. The van der Waals surface area contributed by atoms with Crippen molar-refractivity contribution in [2.24, 2.45) is 17.4 Å². The summed E-state index contributed by atoms with van der Waals surface area (Å²) in [6.07, 6.45) is 1.20. The minimum absolute atomic E-state index is 0.00394. The molecule has 7 nitrogen and oxygen atoms in total. The number of aliphatic hydroxyl groups is 1. The SMILES string of the molecule is CC(C)C(N)(N)c1ccc(S(=O)(=O)NCCO)cn1. The number of nitrogens with zero attached hydrogens (tertiary/aromatic N) is 1. The van der Waals surface area contributed by atoms with Gasteiger partial charge in [-0.05, 0) is 18.1 Å². The van der Waals surface area contributed by atoms with E-state index in [-0.39, 0.29) is 24.0 Å². The van der Waals surface area contributed by atoms with Crippen LogP contribution in [0.2, 0.25) is 0 Å². The highest BCUT2D eigenvalue weighted by Crippen LogP contribution is 2.20. The van der Waals surface area contributed by atoms with Gasteiger partial charge in [0.2, 0.25) is 10.0 Å². The smallest absolute Gasteiger partial charge is 0.242 e. The lowest BCUT2D eigenvalue weighted by molar-refractivity contribution is 0.301. The van der Waals surface area contributed by atoms with E-state index in [0.29, 0.717) is 5.69 Å². The summed E-state index contributed by atoms with van der Waals surface area (Å²) >= 11 is 0. The summed E-state index contributed by atoms with van der Waals surface area (Å²) in [4.78, 5) is 4.02. The molecule has 0 fully saturated rings. The second-order valence-corrected chi connectivity index (χ2v) is 6.36. The standard InChI is InChI=1S/C11H20N4O3S/c1-8(2)11(12,13)10-4-3-9(7-14-10)19(17,18)15-5-6-16/h3-4,7-8,15-16H,5-6,12-13H2,1-2H3. The minimum atomic E-state index is -3.66. The molecule has 1 rings (SSSR count). The molecule has 1 aromatic rings. The first kappa shape index (κ1) is 16.0. The van der Waals surface area contributed by atoms with Gasteiger partial charge in [-0.3, -0.25) is 4.98 Å². The third kappa shape index (κ3) is 3.71. The number of rotatable bonds is 6. The summed E-state index contributed by atoms with van der Waals surface area (Å²) in [5, 5.41) is 8.61. The average Bonchev–Trinajstić information content (AvgIpc) is 2.36. The highest BCUT2D eigenvalue weighted by molar-refractivity contribution is 7.89. The van der Waals surface area contributed by atoms with Crippen LogP contribution in [-0.2, 0) is 15.7 Å². The van der Waals surface area contributed by atoms with Crippen LogP contribution in [0, 0.1) is 5.92 Å². The van der Waals surface area contributed by atoms with E-state index in [9.17, 15) is 8.42 Å². The average molecular weight is 288 g/mol. The number of aliphatic hydroxyl groups excluding tert-OH is 1. The van der Waals surface area contributed by atoms with Crippen LogP contribution in [0.25, 0.3) is 0 Å². The maximum absolute atomic E-state index is 11.8. The molecule has 19 heavy (non-hydrogen) atoms. The zero-order valence-electron chi connectivity index (χ0n) is 11.0. The zero-order valence-corrected chi connectivity index (χ0v) is 11.8. The van der Waals surface area contributed by atoms with E-state index in [1.54, 1.807) is 0 Å². The Hall–Kier alpha value is -1.06. The van der Waals surface area contributed by atoms with Crippen molar-refractivity contribution in [3.05, 3.63) is 24.0 Å². The van der Waals surface area contributed by atoms with Gasteiger partial charge in [-0.15, -0.1) is 0 Å². The fourth-order valence-electron chi connectivity index (χ4n) is 1.35. The van der Waals surface area contributed by atoms with Crippen LogP contribution in [0.3, 0.4) is 0 Å². The maximum atomic E-state index is 11.8. The Morgan fingerprint density at radius 1 is 1.42 bits per heavy atom. The molecule has 0 aliphatic carbocycles. The predicted molar refractivity (Wildman–Crippen MR) is 71.4 cm³/mol. The van der Waals surface area contributed by atoms with Gasteiger partial charge < -0.3 is 16.6 Å². The Balaban J connectivity index is 3.00. The van der Waals surface area contributed by atoms with Crippen LogP contribution >= 0.6 is 0 Å². The summed E-state index contributed by atoms with van der Waals surface area (Å²) in [6.45, 7) is 3.39. The molecule has 8 heteroatoms. The fourth-order valence-corrected chi connectivity index (χ4v) is 2.32. The van der Waals surface area contributed by atoms with Crippen LogP contribution in [-0.4, -0.2) is 31.7 Å². The van der Waals surface area contributed by atoms with Crippen LogP contribution in [0.1, 0.15) is 19.5 Å². The summed E-state index contributed by atoms with van der Waals surface area (Å²) in [6, 6.07) is 2.88. The molecule has 1 heterocycles. The van der Waals surface area contributed by atoms with Crippen molar-refractivity contribution < 1.29 is 13.5 Å². The third-order valence-electron chi connectivity index (χ3n) is 2.85. The first-order chi connectivity index (χ1) is 8.71. The molecule has 108 valence electrons. The van der Waals surface area contributed by atoms with Crippen LogP contribution < -0.4 is 16.2 Å². The molecule has 0 amide bonds. The number of pyridine rings is 1. The van der Waals surface area contributed by atoms with Crippen molar-refractivity contribution in [1.29, 1.82) is 0 Å². The van der Waals surface area contributed by atoms with Gasteiger partial charge in [-0.1, -0.05) is 13.8 Å². The number of nitrogens with two attached hydrogens (primary N) is 2. The normalized spacial score (nSPS) is 12.9. The third-order valence-corrected chi connectivity index (χ3v) is 4.30. The van der Waals surface area contributed by atoms with E-state index in [2.05, 4.69) is 9.71 Å². The first-order valence-corrected chi connectivity index (χ1v) is 7.35. The number of hydrogen-bond donors (Lipinski definition) is 4. The molecule has 0 bridgehead atoms. The van der Waals surface area contributed by atoms with Gasteiger partial charge in [0.15, 0.2) is 0 Å². The highest BCUT2D eigenvalue weighted by Gasteiger charge is 2.28. The van der Waals surface area contributed by atoms with Gasteiger partial charge in [0, 0.05) is 12.7 Å². The van der Waals surface area contributed by atoms with E-state index in [4.69, 9.17) is 16.6 Å². The lowest BCUT2D eigenvalue weighted by Crippen LogP contribution is -2.51. The lowest BCUT2D eigenvalue weighted by atomic mass is 9.94. The fraction of sp³-hybridized carbons (Fsp3) is 0.545. The Kier molecular flexibility index (Phi) is 4.99. The molecule has 0 aliphatic heterocycles. The van der Waals surface area contributed by atoms with Crippen LogP contribution in [0.4, 0.5) is 0 Å². The summed E-state index contributed by atoms with van der Waals surface area (Å²) in [5.41, 5.74) is 11.2. The molecule has 0 aromatic carbocycles. The van der Waals surface area contributed by atoms with Crippen LogP contribution in [0.5, 0.6) is 0 Å². The second kappa shape index (κ2) is 5.93. The highest BCUT2D eigenvalue weighted by atomic mass is 32.2. The zero-order chi connectivity index (χ0) is 14.7. The molecule has 0 aliphatic rings. The molecule has 0 saturated heterocycles. The van der Waals surface area contributed by atoms with E-state index in [1.807, 2.05) is 13.8 Å². The number of hydrogen-bond acceptors (Lipinski definition) is 6. The second-order valence-electron chi connectivity index (χ2n) is 4.59. The largest absolute Gasteiger partial charge is 0.395 e. The van der Waals surface area contributed by atoms with Crippen molar-refractivity contribution in [3.63, 3.8) is 0 Å². The Morgan fingerprint density at radius 2 is 2.05 bits per heavy atom. The Morgan fingerprint density at radius 3 is 2.47 bits per heavy atom. The molecular formula is C11H20N4O3S. The monoisotopic (exact) mass is 288 g/mol. The van der Waals surface area contributed by atoms with Gasteiger partial charge >= 0.3 is 0 Å². The molecule has 0 saturated carbocycles. The molecule has 0 unspecified atom stereocenters. The maximum Gasteiger partial charge on any atom is 0.242 e. The molecule has 6 N–H and O–H groups in total. The quantitative estimate of drug-likeness (QED) is 0.501. The summed E-state index contributed by atoms with van der Waals surface area (Å²) in [5.74, 6) is -0.0463. The van der Waals surface area contributed by atoms with Gasteiger partial charge in [0.25, 0.3) is 0 Å². The van der Waals surface area contributed by atoms with E-state index in [0.717, 1.165) is 0 Å². The van der Waals surface area contributed by atoms with Crippen molar-refractivity contribution in [2.45, 2.75) is 24.4 Å². The van der Waals surface area contributed by atoms with Gasteiger partial charge in [0.05, 0.1) is 12.3 Å². The summed E-state index contributed by atoms with van der Waals surface area (Å²) < 4.78 is 25.7. The molecule has 1 aromatic heterocycles. The van der Waals surface area contributed by atoms with E-state index in [1.165, 1.54) is 18.3 Å². The minimum Gasteiger partial charge on any atom is -0.395 e. The Labute approximate surface area is 113 Å². The van der Waals surface area contributed by atoms with E-state index < -0.39 is 15.7 Å². The van der Waals surface area contributed by atoms with Crippen LogP contribution in [0.15, 0.2) is 23.2 Å². The van der Waals surface area contributed by atoms with Crippen molar-refractivity contribution in [1.82, 2.24) is 9.71 Å². The first-order valence-electron chi connectivity index (χ1n) is 5.86. The van der Waals surface area contributed by atoms with Crippen molar-refractivity contribution in [3.8, 4) is 0 Å². The lowest BCUT2D eigenvalue weighted by Gasteiger charge is -2.28. The van der Waals surface area contributed by atoms with Crippen molar-refractivity contribution in [2.75, 3.05) is 13.2 Å². The van der Waals surface area contributed by atoms with Gasteiger partial charge in [-0.25, -0.2) is 13.1 Å². The van der Waals surface area contributed by atoms with Gasteiger partial charge in [0.1, 0.15) is 10.6 Å². The van der Waals surface area contributed by atoms with E-state index >= 15 is 0 Å². The number of aromatic nitrogens is 1. The Bertz CT molecular complexity index is 511. The van der Waals surface area contributed by atoms with Gasteiger partial charge in [-0.2, -0.15) is 0 Å². The number of nitrogens with one attached hydrogen (secondary N) is 1. The summed E-state index contributed by atoms with van der Waals surface area (Å²) in [7, 11) is -3.66. The topological polar surface area (TPSA) is 131 Å². The molecule has 0 atom stereocenters. The molecular weight excluding hydrogens is 268 g/mol. The van der Waals surface area contributed by atoms with Crippen molar-refractivity contribution >= 4 is 10.0 Å². The predicted octanol–water partition coefficient (Wildman–Crippen LogP) is -0.922. The molecule has 0 radical (unpaired) electrons. The number of sulfonamides is 1.